The molecule has 0 amide bonds. The van der Waals surface area contributed by atoms with E-state index in [9.17, 15) is 8.76 Å². The van der Waals surface area contributed by atoms with Crippen LogP contribution in [0.4, 0.5) is 0 Å². The maximum absolute atomic E-state index is 10.3. The van der Waals surface area contributed by atoms with Gasteiger partial charge in [0.25, 0.3) is 0 Å². The Bertz CT molecular complexity index is 305. The Morgan fingerprint density at radius 2 is 2.27 bits per heavy atom. The highest BCUT2D eigenvalue weighted by Gasteiger charge is 1.88. The van der Waals surface area contributed by atoms with Gasteiger partial charge in [0.1, 0.15) is 0 Å². The molecule has 0 fully saturated rings. The van der Waals surface area contributed by atoms with Crippen molar-refractivity contribution in [1.29, 1.82) is 0 Å². The molecule has 0 aromatic carbocycles. The summed E-state index contributed by atoms with van der Waals surface area (Å²) in [5.41, 5.74) is 9.42. The van der Waals surface area contributed by atoms with Crippen molar-refractivity contribution in [1.82, 2.24) is 0 Å². The minimum Gasteiger partial charge on any atom is -0.768 e. The van der Waals surface area contributed by atoms with Crippen LogP contribution in [0, 0.1) is 0 Å². The van der Waals surface area contributed by atoms with Crippen molar-refractivity contribution in [3.8, 4) is 0 Å². The first kappa shape index (κ1) is 9.97. The SMILES string of the molecule is C=C=C=C=C=C(CC)S(=O)[O-]. The largest absolute Gasteiger partial charge is 0.768 e. The van der Waals surface area contributed by atoms with Gasteiger partial charge >= 0.3 is 0 Å². The summed E-state index contributed by atoms with van der Waals surface area (Å²) in [5, 5.41) is 0. The highest BCUT2D eigenvalue weighted by Crippen LogP contribution is 2.00. The molecular weight excluding hydrogens is 160 g/mol. The van der Waals surface area contributed by atoms with Crippen molar-refractivity contribution in [3.05, 3.63) is 34.4 Å². The Kier molecular flexibility index (Phi) is 5.20. The van der Waals surface area contributed by atoms with E-state index in [4.69, 9.17) is 0 Å². The van der Waals surface area contributed by atoms with E-state index >= 15 is 0 Å². The molecule has 0 aromatic heterocycles. The zero-order chi connectivity index (χ0) is 8.69. The van der Waals surface area contributed by atoms with E-state index in [-0.39, 0.29) is 4.91 Å². The van der Waals surface area contributed by atoms with Crippen LogP contribution in [0.5, 0.6) is 0 Å². The van der Waals surface area contributed by atoms with Crippen LogP contribution >= 0.6 is 0 Å². The third-order valence-electron chi connectivity index (χ3n) is 0.875. The predicted octanol–water partition coefficient (Wildman–Crippen LogP) is 1.41. The van der Waals surface area contributed by atoms with E-state index in [0.717, 1.165) is 0 Å². The summed E-state index contributed by atoms with van der Waals surface area (Å²) >= 11 is -2.20. The molecule has 2 nitrogen and oxygen atoms in total. The Morgan fingerprint density at radius 1 is 1.64 bits per heavy atom. The number of hydrogen-bond acceptors (Lipinski definition) is 2. The van der Waals surface area contributed by atoms with Gasteiger partial charge in [-0.3, -0.25) is 4.21 Å². The molecule has 0 heterocycles. The average Bonchev–Trinajstić information content (AvgIpc) is 1.97. The Balaban J connectivity index is 5.07. The number of allylic oxidation sites excluding steroid dienone is 1. The van der Waals surface area contributed by atoms with E-state index in [2.05, 4.69) is 29.5 Å². The number of hydrogen-bond donors (Lipinski definition) is 0. The standard InChI is InChI=1S/C8H8O2S/c1-3-5-6-7-8(4-2)11(9)10/h1,4H2,2H3,(H,9,10)/p-1. The molecule has 0 aromatic rings. The van der Waals surface area contributed by atoms with E-state index in [1.165, 1.54) is 0 Å². The lowest BCUT2D eigenvalue weighted by molar-refractivity contribution is 0.542. The normalized spacial score (nSPS) is 10.0. The molecule has 58 valence electrons. The van der Waals surface area contributed by atoms with Gasteiger partial charge < -0.3 is 4.55 Å². The minimum absolute atomic E-state index is 0.174. The third-order valence-corrected chi connectivity index (χ3v) is 1.67. The molecule has 0 aliphatic rings. The maximum atomic E-state index is 10.3. The zero-order valence-corrected chi connectivity index (χ0v) is 6.96. The monoisotopic (exact) mass is 167 g/mol. The fraction of sp³-hybridized carbons (Fsp3) is 0.250. The van der Waals surface area contributed by atoms with Crippen molar-refractivity contribution in [2.45, 2.75) is 13.3 Å². The van der Waals surface area contributed by atoms with Gasteiger partial charge in [0, 0.05) is 0 Å². The molecule has 0 spiro atoms. The second-order valence-electron chi connectivity index (χ2n) is 1.56. The molecule has 11 heavy (non-hydrogen) atoms. The molecule has 0 aliphatic heterocycles. The topological polar surface area (TPSA) is 40.1 Å². The average molecular weight is 167 g/mol. The van der Waals surface area contributed by atoms with Crippen molar-refractivity contribution >= 4 is 11.1 Å². The molecule has 0 saturated carbocycles. The quantitative estimate of drug-likeness (QED) is 0.461. The molecule has 3 heteroatoms. The Hall–Kier alpha value is -1.03. The van der Waals surface area contributed by atoms with Gasteiger partial charge in [-0.05, 0) is 41.3 Å². The summed E-state index contributed by atoms with van der Waals surface area (Å²) in [4.78, 5) is 0.174. The highest BCUT2D eigenvalue weighted by molar-refractivity contribution is 7.83. The van der Waals surface area contributed by atoms with Crippen LogP contribution in [0.2, 0.25) is 0 Å². The summed E-state index contributed by atoms with van der Waals surface area (Å²) in [7, 11) is 0. The van der Waals surface area contributed by atoms with Gasteiger partial charge in [0.2, 0.25) is 0 Å². The van der Waals surface area contributed by atoms with Crippen LogP contribution in [-0.4, -0.2) is 8.76 Å². The van der Waals surface area contributed by atoms with Crippen LogP contribution in [-0.2, 0) is 11.1 Å². The van der Waals surface area contributed by atoms with Crippen LogP contribution in [0.25, 0.3) is 0 Å². The first-order valence-electron chi connectivity index (χ1n) is 2.95. The lowest BCUT2D eigenvalue weighted by atomic mass is 10.4. The fourth-order valence-electron chi connectivity index (χ4n) is 0.393. The molecule has 1 atom stereocenters. The highest BCUT2D eigenvalue weighted by atomic mass is 32.2. The molecular formula is C8H7O2S-. The third kappa shape index (κ3) is 4.38. The van der Waals surface area contributed by atoms with Crippen LogP contribution in [0.3, 0.4) is 0 Å². The van der Waals surface area contributed by atoms with Gasteiger partial charge in [0.05, 0.1) is 4.91 Å². The second-order valence-corrected chi connectivity index (χ2v) is 2.53. The van der Waals surface area contributed by atoms with E-state index in [0.29, 0.717) is 6.42 Å². The molecule has 0 bridgehead atoms. The van der Waals surface area contributed by atoms with Crippen molar-refractivity contribution in [2.75, 3.05) is 0 Å². The Labute approximate surface area is 68.2 Å². The first-order chi connectivity index (χ1) is 5.22. The van der Waals surface area contributed by atoms with E-state index < -0.39 is 11.1 Å². The summed E-state index contributed by atoms with van der Waals surface area (Å²) in [6.07, 6.45) is 0.405. The summed E-state index contributed by atoms with van der Waals surface area (Å²) in [5.74, 6) is 0. The molecule has 0 saturated heterocycles. The van der Waals surface area contributed by atoms with Gasteiger partial charge in [-0.25, -0.2) is 0 Å². The summed E-state index contributed by atoms with van der Waals surface area (Å²) in [6, 6.07) is 0. The summed E-state index contributed by atoms with van der Waals surface area (Å²) in [6.45, 7) is 4.95. The van der Waals surface area contributed by atoms with Gasteiger partial charge in [-0.15, -0.1) is 0 Å². The van der Waals surface area contributed by atoms with Crippen molar-refractivity contribution < 1.29 is 8.76 Å². The predicted molar refractivity (Wildman–Crippen MR) is 42.4 cm³/mol. The first-order valence-corrected chi connectivity index (χ1v) is 4.03. The summed E-state index contributed by atoms with van der Waals surface area (Å²) < 4.78 is 20.6. The lowest BCUT2D eigenvalue weighted by Crippen LogP contribution is -1.88. The number of rotatable bonds is 2. The van der Waals surface area contributed by atoms with E-state index in [1.54, 1.807) is 6.92 Å². The van der Waals surface area contributed by atoms with Crippen molar-refractivity contribution in [2.24, 2.45) is 0 Å². The van der Waals surface area contributed by atoms with Gasteiger partial charge in [-0.1, -0.05) is 12.7 Å². The Morgan fingerprint density at radius 3 is 2.64 bits per heavy atom. The second kappa shape index (κ2) is 5.73. The van der Waals surface area contributed by atoms with E-state index in [1.807, 2.05) is 0 Å². The molecule has 0 aliphatic carbocycles. The van der Waals surface area contributed by atoms with Crippen LogP contribution in [0.1, 0.15) is 13.3 Å². The van der Waals surface area contributed by atoms with Crippen molar-refractivity contribution in [3.63, 3.8) is 0 Å². The molecule has 0 radical (unpaired) electrons. The van der Waals surface area contributed by atoms with Crippen LogP contribution < -0.4 is 0 Å². The van der Waals surface area contributed by atoms with Gasteiger partial charge in [-0.2, -0.15) is 0 Å². The van der Waals surface area contributed by atoms with Crippen LogP contribution in [0.15, 0.2) is 34.4 Å². The molecule has 0 N–H and O–H groups in total. The van der Waals surface area contributed by atoms with Gasteiger partial charge in [0.15, 0.2) is 0 Å². The zero-order valence-electron chi connectivity index (χ0n) is 6.14. The maximum Gasteiger partial charge on any atom is 0.0529 e. The fourth-order valence-corrected chi connectivity index (χ4v) is 0.763. The molecule has 0 rings (SSSR count). The molecule has 1 unspecified atom stereocenters. The lowest BCUT2D eigenvalue weighted by Gasteiger charge is -2.01. The minimum atomic E-state index is -2.20. The smallest absolute Gasteiger partial charge is 0.0529 e.